The summed E-state index contributed by atoms with van der Waals surface area (Å²) >= 11 is 0. The van der Waals surface area contributed by atoms with Crippen LogP contribution < -0.4 is 5.73 Å². The molecule has 6 nitrogen and oxygen atoms in total. The molecule has 0 radical (unpaired) electrons. The first-order chi connectivity index (χ1) is 9.11. The lowest BCUT2D eigenvalue weighted by Crippen LogP contribution is -2.51. The van der Waals surface area contributed by atoms with E-state index in [0.29, 0.717) is 17.6 Å². The highest BCUT2D eigenvalue weighted by Crippen LogP contribution is 2.11. The van der Waals surface area contributed by atoms with Gasteiger partial charge in [-0.15, -0.1) is 10.2 Å². The maximum atomic E-state index is 12.2. The van der Waals surface area contributed by atoms with Gasteiger partial charge in [0.1, 0.15) is 5.82 Å². The average Bonchev–Trinajstić information content (AvgIpc) is 2.46. The van der Waals surface area contributed by atoms with Crippen LogP contribution in [0.2, 0.25) is 0 Å². The predicted molar refractivity (Wildman–Crippen MR) is 73.7 cm³/mol. The van der Waals surface area contributed by atoms with Crippen LogP contribution in [0.15, 0.2) is 12.1 Å². The summed E-state index contributed by atoms with van der Waals surface area (Å²) in [6, 6.07) is 3.81. The van der Waals surface area contributed by atoms with Crippen molar-refractivity contribution in [3.63, 3.8) is 0 Å². The number of carbonyl (C=O) groups is 1. The molecule has 104 valence electrons. The summed E-state index contributed by atoms with van der Waals surface area (Å²) in [6.45, 7) is 7.74. The van der Waals surface area contributed by atoms with Gasteiger partial charge in [-0.05, 0) is 25.5 Å². The first-order valence-electron chi connectivity index (χ1n) is 6.74. The van der Waals surface area contributed by atoms with Gasteiger partial charge in [-0.1, -0.05) is 6.92 Å². The monoisotopic (exact) mass is 263 g/mol. The average molecular weight is 263 g/mol. The summed E-state index contributed by atoms with van der Waals surface area (Å²) in [6.07, 6.45) is 1.14. The molecule has 2 rings (SSSR count). The van der Waals surface area contributed by atoms with Crippen LogP contribution >= 0.6 is 0 Å². The van der Waals surface area contributed by atoms with E-state index in [0.717, 1.165) is 32.6 Å². The second kappa shape index (κ2) is 5.97. The molecule has 1 aliphatic heterocycles. The summed E-state index contributed by atoms with van der Waals surface area (Å²) in [4.78, 5) is 16.5. The van der Waals surface area contributed by atoms with Gasteiger partial charge in [0.2, 0.25) is 0 Å². The molecule has 2 N–H and O–H groups in total. The van der Waals surface area contributed by atoms with E-state index in [1.165, 1.54) is 0 Å². The number of amides is 1. The zero-order chi connectivity index (χ0) is 13.8. The van der Waals surface area contributed by atoms with Crippen molar-refractivity contribution >= 4 is 11.7 Å². The number of piperazine rings is 1. The van der Waals surface area contributed by atoms with Crippen molar-refractivity contribution in [2.24, 2.45) is 0 Å². The molecule has 0 bridgehead atoms. The molecule has 1 aromatic heterocycles. The first-order valence-corrected chi connectivity index (χ1v) is 6.74. The number of aromatic nitrogens is 2. The smallest absolute Gasteiger partial charge is 0.274 e. The van der Waals surface area contributed by atoms with Gasteiger partial charge in [-0.3, -0.25) is 9.69 Å². The van der Waals surface area contributed by atoms with Crippen LogP contribution in [0.4, 0.5) is 5.82 Å². The number of nitrogens with two attached hydrogens (primary N) is 1. The lowest BCUT2D eigenvalue weighted by molar-refractivity contribution is 0.0573. The third kappa shape index (κ3) is 3.20. The summed E-state index contributed by atoms with van der Waals surface area (Å²) in [5.74, 6) is 0.273. The largest absolute Gasteiger partial charge is 0.382 e. The highest BCUT2D eigenvalue weighted by molar-refractivity contribution is 5.92. The molecule has 0 aromatic carbocycles. The summed E-state index contributed by atoms with van der Waals surface area (Å²) in [5.41, 5.74) is 5.83. The van der Waals surface area contributed by atoms with Gasteiger partial charge in [-0.2, -0.15) is 0 Å². The Balaban J connectivity index is 1.94. The highest BCUT2D eigenvalue weighted by atomic mass is 16.2. The van der Waals surface area contributed by atoms with Crippen LogP contribution in [-0.2, 0) is 0 Å². The minimum Gasteiger partial charge on any atom is -0.382 e. The lowest BCUT2D eigenvalue weighted by atomic mass is 10.2. The van der Waals surface area contributed by atoms with Crippen LogP contribution in [0.5, 0.6) is 0 Å². The first kappa shape index (κ1) is 13.7. The van der Waals surface area contributed by atoms with E-state index >= 15 is 0 Å². The minimum absolute atomic E-state index is 0.0590. The topological polar surface area (TPSA) is 75.3 Å². The Morgan fingerprint density at radius 2 is 2.00 bits per heavy atom. The zero-order valence-corrected chi connectivity index (χ0v) is 11.5. The quantitative estimate of drug-likeness (QED) is 0.865. The lowest BCUT2D eigenvalue weighted by Gasteiger charge is -2.37. The van der Waals surface area contributed by atoms with E-state index in [1.54, 1.807) is 12.1 Å². The molecule has 1 aromatic rings. The summed E-state index contributed by atoms with van der Waals surface area (Å²) in [5, 5.41) is 7.57. The molecule has 0 spiro atoms. The highest BCUT2D eigenvalue weighted by Gasteiger charge is 2.24. The summed E-state index contributed by atoms with van der Waals surface area (Å²) < 4.78 is 0. The maximum Gasteiger partial charge on any atom is 0.274 e. The minimum atomic E-state index is -0.0590. The number of hydrogen-bond donors (Lipinski definition) is 1. The maximum absolute atomic E-state index is 12.2. The van der Waals surface area contributed by atoms with Gasteiger partial charge >= 0.3 is 0 Å². The number of rotatable bonds is 3. The van der Waals surface area contributed by atoms with Gasteiger partial charge in [0.05, 0.1) is 0 Å². The van der Waals surface area contributed by atoms with Gasteiger partial charge in [-0.25, -0.2) is 0 Å². The van der Waals surface area contributed by atoms with E-state index in [1.807, 2.05) is 4.90 Å². The number of anilines is 1. The van der Waals surface area contributed by atoms with E-state index in [4.69, 9.17) is 5.73 Å². The van der Waals surface area contributed by atoms with E-state index in [2.05, 4.69) is 28.9 Å². The van der Waals surface area contributed by atoms with Gasteiger partial charge in [0, 0.05) is 32.2 Å². The fourth-order valence-electron chi connectivity index (χ4n) is 2.24. The van der Waals surface area contributed by atoms with Crippen molar-refractivity contribution in [2.75, 3.05) is 31.9 Å². The SMILES string of the molecule is CCC(C)N1CCN(C(=O)c2ccc(N)nn2)CC1. The van der Waals surface area contributed by atoms with Crippen LogP contribution in [-0.4, -0.2) is 58.1 Å². The Morgan fingerprint density at radius 1 is 1.32 bits per heavy atom. The standard InChI is InChI=1S/C13H21N5O/c1-3-10(2)17-6-8-18(9-7-17)13(19)11-4-5-12(14)16-15-11/h4-5,10H,3,6-9H2,1-2H3,(H2,14,16). The molecule has 1 atom stereocenters. The number of hydrogen-bond acceptors (Lipinski definition) is 5. The normalized spacial score (nSPS) is 18.3. The molecule has 1 amide bonds. The van der Waals surface area contributed by atoms with Crippen LogP contribution in [0, 0.1) is 0 Å². The van der Waals surface area contributed by atoms with Crippen molar-refractivity contribution in [2.45, 2.75) is 26.3 Å². The number of nitrogens with zero attached hydrogens (tertiary/aromatic N) is 4. The van der Waals surface area contributed by atoms with E-state index < -0.39 is 0 Å². The zero-order valence-electron chi connectivity index (χ0n) is 11.5. The fourth-order valence-corrected chi connectivity index (χ4v) is 2.24. The van der Waals surface area contributed by atoms with Gasteiger partial charge in [0.15, 0.2) is 5.69 Å². The molecule has 0 aliphatic carbocycles. The molecular formula is C13H21N5O. The van der Waals surface area contributed by atoms with Crippen molar-refractivity contribution in [1.82, 2.24) is 20.0 Å². The molecule has 1 fully saturated rings. The molecule has 6 heteroatoms. The van der Waals surface area contributed by atoms with E-state index in [-0.39, 0.29) is 5.91 Å². The van der Waals surface area contributed by atoms with Crippen LogP contribution in [0.3, 0.4) is 0 Å². The molecule has 1 saturated heterocycles. The van der Waals surface area contributed by atoms with Gasteiger partial charge < -0.3 is 10.6 Å². The Labute approximate surface area is 113 Å². The Hall–Kier alpha value is -1.69. The van der Waals surface area contributed by atoms with Crippen molar-refractivity contribution in [3.05, 3.63) is 17.8 Å². The Bertz CT molecular complexity index is 425. The summed E-state index contributed by atoms with van der Waals surface area (Å²) in [7, 11) is 0. The van der Waals surface area contributed by atoms with E-state index in [9.17, 15) is 4.79 Å². The van der Waals surface area contributed by atoms with Crippen molar-refractivity contribution in [3.8, 4) is 0 Å². The number of carbonyl (C=O) groups excluding carboxylic acids is 1. The molecule has 2 heterocycles. The second-order valence-electron chi connectivity index (χ2n) is 4.93. The molecule has 1 unspecified atom stereocenters. The van der Waals surface area contributed by atoms with Crippen LogP contribution in [0.1, 0.15) is 30.8 Å². The van der Waals surface area contributed by atoms with Crippen molar-refractivity contribution in [1.29, 1.82) is 0 Å². The van der Waals surface area contributed by atoms with Crippen molar-refractivity contribution < 1.29 is 4.79 Å². The Morgan fingerprint density at radius 3 is 2.53 bits per heavy atom. The fraction of sp³-hybridized carbons (Fsp3) is 0.615. The molecule has 1 aliphatic rings. The predicted octanol–water partition coefficient (Wildman–Crippen LogP) is 0.615. The van der Waals surface area contributed by atoms with Crippen LogP contribution in [0.25, 0.3) is 0 Å². The number of nitrogen functional groups attached to an aromatic ring is 1. The third-order valence-electron chi connectivity index (χ3n) is 3.72. The van der Waals surface area contributed by atoms with Gasteiger partial charge in [0.25, 0.3) is 5.91 Å². The molecular weight excluding hydrogens is 242 g/mol. The Kier molecular flexibility index (Phi) is 4.31. The molecule has 19 heavy (non-hydrogen) atoms. The second-order valence-corrected chi connectivity index (χ2v) is 4.93. The molecule has 0 saturated carbocycles. The third-order valence-corrected chi connectivity index (χ3v) is 3.72.